The number of methoxy groups -OCH3 is 1. The Labute approximate surface area is 156 Å². The minimum Gasteiger partial charge on any atom is -0.496 e. The summed E-state index contributed by atoms with van der Waals surface area (Å²) in [6.45, 7) is 3.90. The zero-order chi connectivity index (χ0) is 19.0. The number of oxazole rings is 1. The number of nitrogens with zero attached hydrogens (tertiary/aromatic N) is 2. The smallest absolute Gasteiger partial charge is 0.240 e. The Kier molecular flexibility index (Phi) is 3.17. The summed E-state index contributed by atoms with van der Waals surface area (Å²) >= 11 is 0. The molecule has 5 rings (SSSR count). The average Bonchev–Trinajstić information content (AvgIpc) is 3.37. The molecular formula is C20H20N2O5. The van der Waals surface area contributed by atoms with Crippen LogP contribution in [0.3, 0.4) is 0 Å². The van der Waals surface area contributed by atoms with Crippen LogP contribution in [0.15, 0.2) is 35.2 Å². The maximum Gasteiger partial charge on any atom is 0.240 e. The summed E-state index contributed by atoms with van der Waals surface area (Å²) in [7, 11) is 1.54. The molecule has 2 amide bonds. The van der Waals surface area contributed by atoms with Crippen molar-refractivity contribution in [2.45, 2.75) is 37.9 Å². The van der Waals surface area contributed by atoms with Crippen LogP contribution in [-0.2, 0) is 14.3 Å². The third-order valence-electron chi connectivity index (χ3n) is 6.35. The predicted octanol–water partition coefficient (Wildman–Crippen LogP) is 2.80. The van der Waals surface area contributed by atoms with E-state index in [-0.39, 0.29) is 11.8 Å². The summed E-state index contributed by atoms with van der Waals surface area (Å²) in [6.07, 6.45) is 4.52. The Morgan fingerprint density at radius 3 is 2.37 bits per heavy atom. The summed E-state index contributed by atoms with van der Waals surface area (Å²) in [5.74, 6) is -0.164. The highest BCUT2D eigenvalue weighted by molar-refractivity contribution is 6.23. The minimum atomic E-state index is -0.565. The Balaban J connectivity index is 1.56. The Hall–Kier alpha value is -2.67. The number of benzene rings is 1. The average molecular weight is 368 g/mol. The van der Waals surface area contributed by atoms with E-state index in [1.165, 1.54) is 18.4 Å². The molecule has 3 fully saturated rings. The van der Waals surface area contributed by atoms with E-state index in [1.807, 2.05) is 13.8 Å². The van der Waals surface area contributed by atoms with Crippen LogP contribution in [0.5, 0.6) is 5.75 Å². The van der Waals surface area contributed by atoms with E-state index in [0.717, 1.165) is 12.8 Å². The second-order valence-electron chi connectivity index (χ2n) is 7.94. The summed E-state index contributed by atoms with van der Waals surface area (Å²) < 4.78 is 16.9. The zero-order valence-corrected chi connectivity index (χ0v) is 15.4. The molecule has 7 heteroatoms. The van der Waals surface area contributed by atoms with Gasteiger partial charge in [0.25, 0.3) is 0 Å². The van der Waals surface area contributed by atoms with Gasteiger partial charge in [0, 0.05) is 6.07 Å². The molecule has 1 aromatic carbocycles. The van der Waals surface area contributed by atoms with Crippen molar-refractivity contribution >= 4 is 17.5 Å². The van der Waals surface area contributed by atoms with Crippen molar-refractivity contribution in [1.82, 2.24) is 4.98 Å². The summed E-state index contributed by atoms with van der Waals surface area (Å²) in [6, 6.07) is 5.21. The lowest BCUT2D eigenvalue weighted by Crippen LogP contribution is -2.40. The molecular weight excluding hydrogens is 348 g/mol. The van der Waals surface area contributed by atoms with Crippen molar-refractivity contribution in [3.8, 4) is 17.1 Å². The minimum absolute atomic E-state index is 0.189. The van der Waals surface area contributed by atoms with E-state index in [9.17, 15) is 9.59 Å². The molecule has 2 aromatic rings. The van der Waals surface area contributed by atoms with Gasteiger partial charge in [0.05, 0.1) is 47.6 Å². The molecule has 3 aliphatic heterocycles. The fourth-order valence-corrected chi connectivity index (χ4v) is 5.09. The number of anilines is 1. The lowest BCUT2D eigenvalue weighted by molar-refractivity contribution is -0.129. The first-order chi connectivity index (χ1) is 12.9. The predicted molar refractivity (Wildman–Crippen MR) is 95.1 cm³/mol. The van der Waals surface area contributed by atoms with E-state index in [4.69, 9.17) is 13.9 Å². The third kappa shape index (κ3) is 2.03. The zero-order valence-electron chi connectivity index (χ0n) is 15.4. The Morgan fingerprint density at radius 2 is 1.81 bits per heavy atom. The van der Waals surface area contributed by atoms with Crippen LogP contribution in [0.4, 0.5) is 5.69 Å². The molecule has 7 nitrogen and oxygen atoms in total. The number of carbonyl (C=O) groups is 2. The quantitative estimate of drug-likeness (QED) is 0.775. The number of amides is 2. The van der Waals surface area contributed by atoms with Crippen LogP contribution < -0.4 is 9.64 Å². The first-order valence-corrected chi connectivity index (χ1v) is 9.03. The first-order valence-electron chi connectivity index (χ1n) is 9.03. The molecule has 3 aliphatic rings. The molecule has 0 saturated carbocycles. The number of fused-ring (bicyclic) bond motifs is 5. The normalized spacial score (nSPS) is 34.4. The van der Waals surface area contributed by atoms with Gasteiger partial charge in [-0.2, -0.15) is 0 Å². The summed E-state index contributed by atoms with van der Waals surface area (Å²) in [5, 5.41) is 0. The van der Waals surface area contributed by atoms with Gasteiger partial charge < -0.3 is 13.9 Å². The van der Waals surface area contributed by atoms with Gasteiger partial charge >= 0.3 is 0 Å². The monoisotopic (exact) mass is 368 g/mol. The molecule has 27 heavy (non-hydrogen) atoms. The van der Waals surface area contributed by atoms with Crippen LogP contribution >= 0.6 is 0 Å². The maximum atomic E-state index is 13.2. The van der Waals surface area contributed by atoms with Gasteiger partial charge in [0.15, 0.2) is 12.2 Å². The molecule has 4 heterocycles. The molecule has 0 N–H and O–H groups in total. The maximum absolute atomic E-state index is 13.2. The van der Waals surface area contributed by atoms with E-state index < -0.39 is 23.0 Å². The number of hydrogen-bond donors (Lipinski definition) is 0. The standard InChI is InChI=1S/C20H20N2O5/c1-19-6-7-20(2,27-19)16-15(19)17(23)22(18(16)24)11-4-5-12(13(8-11)25-3)14-9-21-10-26-14/h4-5,8-10,15-16H,6-7H2,1-3H3. The highest BCUT2D eigenvalue weighted by Gasteiger charge is 2.72. The van der Waals surface area contributed by atoms with Crippen LogP contribution in [0.25, 0.3) is 11.3 Å². The molecule has 1 aromatic heterocycles. The van der Waals surface area contributed by atoms with Crippen LogP contribution in [0.1, 0.15) is 26.7 Å². The van der Waals surface area contributed by atoms with E-state index >= 15 is 0 Å². The number of rotatable bonds is 3. The SMILES string of the molecule is COc1cc(N2C(=O)C3C(C2=O)C2(C)CCC3(C)O2)ccc1-c1cnco1. The van der Waals surface area contributed by atoms with Crippen LogP contribution in [0.2, 0.25) is 0 Å². The van der Waals surface area contributed by atoms with Crippen molar-refractivity contribution in [1.29, 1.82) is 0 Å². The molecule has 0 spiro atoms. The van der Waals surface area contributed by atoms with Crippen molar-refractivity contribution in [2.75, 3.05) is 12.0 Å². The van der Waals surface area contributed by atoms with Crippen molar-refractivity contribution in [3.05, 3.63) is 30.8 Å². The van der Waals surface area contributed by atoms with Gasteiger partial charge in [-0.25, -0.2) is 9.88 Å². The molecule has 4 unspecified atom stereocenters. The van der Waals surface area contributed by atoms with Crippen LogP contribution in [0, 0.1) is 11.8 Å². The van der Waals surface area contributed by atoms with Crippen molar-refractivity contribution in [3.63, 3.8) is 0 Å². The lowest BCUT2D eigenvalue weighted by atomic mass is 9.69. The molecule has 0 aliphatic carbocycles. The van der Waals surface area contributed by atoms with Crippen molar-refractivity contribution < 1.29 is 23.5 Å². The molecule has 2 bridgehead atoms. The number of aromatic nitrogens is 1. The molecule has 0 radical (unpaired) electrons. The summed E-state index contributed by atoms with van der Waals surface area (Å²) in [4.78, 5) is 31.6. The van der Waals surface area contributed by atoms with Gasteiger partial charge in [0.1, 0.15) is 5.75 Å². The number of imide groups is 1. The fraction of sp³-hybridized carbons (Fsp3) is 0.450. The van der Waals surface area contributed by atoms with Gasteiger partial charge in [-0.15, -0.1) is 0 Å². The molecule has 4 atom stereocenters. The van der Waals surface area contributed by atoms with E-state index in [1.54, 1.807) is 24.4 Å². The van der Waals surface area contributed by atoms with Gasteiger partial charge in [-0.05, 0) is 38.8 Å². The van der Waals surface area contributed by atoms with E-state index in [0.29, 0.717) is 22.8 Å². The van der Waals surface area contributed by atoms with E-state index in [2.05, 4.69) is 4.98 Å². The summed E-state index contributed by atoms with van der Waals surface area (Å²) in [5.41, 5.74) is 0.0849. The highest BCUT2D eigenvalue weighted by atomic mass is 16.5. The number of carbonyl (C=O) groups excluding carboxylic acids is 2. The van der Waals surface area contributed by atoms with Gasteiger partial charge in [0.2, 0.25) is 11.8 Å². The fourth-order valence-electron chi connectivity index (χ4n) is 5.09. The number of hydrogen-bond acceptors (Lipinski definition) is 6. The molecule has 140 valence electrons. The second-order valence-corrected chi connectivity index (χ2v) is 7.94. The van der Waals surface area contributed by atoms with Crippen molar-refractivity contribution in [2.24, 2.45) is 11.8 Å². The number of ether oxygens (including phenoxy) is 2. The highest BCUT2D eigenvalue weighted by Crippen LogP contribution is 2.61. The molecule has 3 saturated heterocycles. The van der Waals surface area contributed by atoms with Gasteiger partial charge in [-0.3, -0.25) is 9.59 Å². The Bertz CT molecular complexity index is 921. The first kappa shape index (κ1) is 16.5. The lowest BCUT2D eigenvalue weighted by Gasteiger charge is -2.27. The largest absolute Gasteiger partial charge is 0.496 e. The third-order valence-corrected chi connectivity index (χ3v) is 6.35. The topological polar surface area (TPSA) is 81.9 Å². The van der Waals surface area contributed by atoms with Gasteiger partial charge in [-0.1, -0.05) is 0 Å². The second kappa shape index (κ2) is 5.19. The van der Waals surface area contributed by atoms with Crippen LogP contribution in [-0.4, -0.2) is 35.1 Å². The Morgan fingerprint density at radius 1 is 1.15 bits per heavy atom.